The van der Waals surface area contributed by atoms with Gasteiger partial charge >= 0.3 is 11.8 Å². The Hall–Kier alpha value is -3.99. The second-order valence-electron chi connectivity index (χ2n) is 7.49. The highest BCUT2D eigenvalue weighted by Crippen LogP contribution is 2.35. The molecule has 0 aromatic carbocycles. The Bertz CT molecular complexity index is 1460. The minimum Gasteiger partial charge on any atom is -0.412 e. The van der Waals surface area contributed by atoms with Crippen molar-refractivity contribution >= 4 is 23.0 Å². The first-order valence-electron chi connectivity index (χ1n) is 9.88. The lowest BCUT2D eigenvalue weighted by atomic mass is 9.99. The highest BCUT2D eigenvalue weighted by Gasteiger charge is 2.38. The number of nitrogens with one attached hydrogen (secondary N) is 1. The smallest absolute Gasteiger partial charge is 0.312 e. The molecular weight excluding hydrogens is 434 g/mol. The predicted octanol–water partition coefficient (Wildman–Crippen LogP) is 2.28. The maximum atomic E-state index is 13.5. The number of H-pyrrole nitrogens is 1. The molecule has 0 saturated carbocycles. The third-order valence-electron chi connectivity index (χ3n) is 5.49. The number of pyridine rings is 1. The number of carbonyl (C=O) groups is 1. The topological polar surface area (TPSA) is 123 Å². The maximum Gasteiger partial charge on any atom is 0.312 e. The minimum absolute atomic E-state index is 0.102. The van der Waals surface area contributed by atoms with Gasteiger partial charge in [0.25, 0.3) is 5.89 Å². The lowest BCUT2D eigenvalue weighted by Gasteiger charge is -2.32. The lowest BCUT2D eigenvalue weighted by molar-refractivity contribution is 0.0646. The van der Waals surface area contributed by atoms with E-state index in [4.69, 9.17) is 16.0 Å². The van der Waals surface area contributed by atoms with Crippen LogP contribution in [0.25, 0.3) is 17.0 Å². The fourth-order valence-electron chi connectivity index (χ4n) is 4.01. The van der Waals surface area contributed by atoms with Gasteiger partial charge < -0.3 is 14.3 Å². The molecule has 0 fully saturated rings. The molecule has 160 valence electrons. The van der Waals surface area contributed by atoms with Crippen molar-refractivity contribution in [2.45, 2.75) is 12.5 Å². The largest absolute Gasteiger partial charge is 0.412 e. The van der Waals surface area contributed by atoms with Gasteiger partial charge in [-0.25, -0.2) is 9.50 Å². The number of nitrogens with zero attached hydrogens (tertiary/aromatic N) is 8. The summed E-state index contributed by atoms with van der Waals surface area (Å²) in [5.41, 5.74) is 3.72. The van der Waals surface area contributed by atoms with E-state index in [0.717, 1.165) is 16.9 Å². The summed E-state index contributed by atoms with van der Waals surface area (Å²) in [6.07, 6.45) is 7.39. The number of hydrogen-bond acceptors (Lipinski definition) is 7. The standard InChI is InChI=1S/C20H16ClN9O2/c1-28-9-11(8-24-28)18-25-26-19(32-18)20(31)29-6-4-13-16(23-10-22-13)17(29)14-7-15-12(21)3-2-5-30(15)27-14/h2-3,5,7-10,17H,4,6H2,1H3,(H,22,23). The van der Waals surface area contributed by atoms with Crippen LogP contribution >= 0.6 is 11.6 Å². The molecule has 5 aromatic rings. The van der Waals surface area contributed by atoms with Crippen LogP contribution in [-0.4, -0.2) is 56.9 Å². The Morgan fingerprint density at radius 3 is 3.06 bits per heavy atom. The molecule has 1 N–H and O–H groups in total. The summed E-state index contributed by atoms with van der Waals surface area (Å²) in [5.74, 6) is -0.265. The number of aromatic amines is 1. The van der Waals surface area contributed by atoms with Gasteiger partial charge in [-0.1, -0.05) is 11.6 Å². The molecule has 11 nitrogen and oxygen atoms in total. The number of fused-ring (bicyclic) bond motifs is 2. The molecule has 1 aliphatic rings. The second kappa shape index (κ2) is 7.02. The molecule has 0 aliphatic carbocycles. The summed E-state index contributed by atoms with van der Waals surface area (Å²) in [4.78, 5) is 22.7. The van der Waals surface area contributed by atoms with E-state index in [2.05, 4.69) is 30.4 Å². The van der Waals surface area contributed by atoms with Crippen molar-refractivity contribution in [3.63, 3.8) is 0 Å². The summed E-state index contributed by atoms with van der Waals surface area (Å²) < 4.78 is 9.00. The molecular formula is C20H16ClN9O2. The Morgan fingerprint density at radius 1 is 1.34 bits per heavy atom. The molecule has 0 bridgehead atoms. The van der Waals surface area contributed by atoms with E-state index in [9.17, 15) is 4.79 Å². The summed E-state index contributed by atoms with van der Waals surface area (Å²) in [6, 6.07) is 4.95. The van der Waals surface area contributed by atoms with Crippen LogP contribution in [0.4, 0.5) is 0 Å². The number of carbonyl (C=O) groups excluding carboxylic acids is 1. The Labute approximate surface area is 185 Å². The van der Waals surface area contributed by atoms with E-state index < -0.39 is 11.9 Å². The van der Waals surface area contributed by atoms with Gasteiger partial charge in [0, 0.05) is 38.1 Å². The first kappa shape index (κ1) is 18.8. The third-order valence-corrected chi connectivity index (χ3v) is 5.81. The van der Waals surface area contributed by atoms with Crippen LogP contribution in [-0.2, 0) is 13.5 Å². The van der Waals surface area contributed by atoms with Crippen molar-refractivity contribution in [2.24, 2.45) is 7.05 Å². The first-order chi connectivity index (χ1) is 15.6. The highest BCUT2D eigenvalue weighted by molar-refractivity contribution is 6.33. The van der Waals surface area contributed by atoms with Crippen LogP contribution in [0.3, 0.4) is 0 Å². The molecule has 1 atom stereocenters. The van der Waals surface area contributed by atoms with E-state index in [0.29, 0.717) is 29.2 Å². The molecule has 1 aliphatic heterocycles. The zero-order valence-electron chi connectivity index (χ0n) is 16.8. The van der Waals surface area contributed by atoms with E-state index in [1.165, 1.54) is 0 Å². The number of halogens is 1. The fourth-order valence-corrected chi connectivity index (χ4v) is 4.22. The lowest BCUT2D eigenvalue weighted by Crippen LogP contribution is -2.41. The van der Waals surface area contributed by atoms with Crippen LogP contribution in [0, 0.1) is 0 Å². The van der Waals surface area contributed by atoms with E-state index in [1.54, 1.807) is 45.9 Å². The number of aryl methyl sites for hydroxylation is 1. The van der Waals surface area contributed by atoms with Gasteiger partial charge in [-0.3, -0.25) is 9.48 Å². The van der Waals surface area contributed by atoms with Crippen LogP contribution in [0.5, 0.6) is 0 Å². The first-order valence-corrected chi connectivity index (χ1v) is 10.3. The van der Waals surface area contributed by atoms with Gasteiger partial charge in [-0.05, 0) is 18.2 Å². The van der Waals surface area contributed by atoms with Crippen molar-refractivity contribution in [2.75, 3.05) is 6.54 Å². The SMILES string of the molecule is Cn1cc(-c2nnc(C(=O)N3CCc4[nH]cnc4C3c3cc4c(Cl)cccn4n3)o2)cn1. The number of imidazole rings is 1. The minimum atomic E-state index is -0.526. The third kappa shape index (κ3) is 2.89. The summed E-state index contributed by atoms with van der Waals surface area (Å²) in [5, 5.41) is 17.3. The van der Waals surface area contributed by atoms with E-state index in [-0.39, 0.29) is 11.8 Å². The molecule has 12 heteroatoms. The Kier molecular flexibility index (Phi) is 4.12. The molecule has 0 spiro atoms. The Balaban J connectivity index is 1.41. The van der Waals surface area contributed by atoms with Crippen LogP contribution in [0.15, 0.2) is 47.5 Å². The van der Waals surface area contributed by atoms with E-state index >= 15 is 0 Å². The number of rotatable bonds is 3. The zero-order valence-corrected chi connectivity index (χ0v) is 17.6. The van der Waals surface area contributed by atoms with Gasteiger partial charge in [0.1, 0.15) is 6.04 Å². The van der Waals surface area contributed by atoms with Crippen LogP contribution in [0.1, 0.15) is 33.8 Å². The van der Waals surface area contributed by atoms with Crippen molar-refractivity contribution in [3.05, 3.63) is 71.1 Å². The molecule has 6 heterocycles. The molecule has 6 rings (SSSR count). The van der Waals surface area contributed by atoms with Gasteiger partial charge in [0.2, 0.25) is 0 Å². The highest BCUT2D eigenvalue weighted by atomic mass is 35.5. The molecule has 1 amide bonds. The predicted molar refractivity (Wildman–Crippen MR) is 112 cm³/mol. The fraction of sp³-hybridized carbons (Fsp3) is 0.200. The summed E-state index contributed by atoms with van der Waals surface area (Å²) >= 11 is 6.34. The Morgan fingerprint density at radius 2 is 2.25 bits per heavy atom. The normalized spacial score (nSPS) is 15.9. The van der Waals surface area contributed by atoms with E-state index in [1.807, 2.05) is 18.3 Å². The quantitative estimate of drug-likeness (QED) is 0.448. The average Bonchev–Trinajstić information content (AvgIpc) is 3.57. The molecule has 32 heavy (non-hydrogen) atoms. The number of hydrogen-bond donors (Lipinski definition) is 1. The number of aromatic nitrogens is 8. The maximum absolute atomic E-state index is 13.5. The average molecular weight is 450 g/mol. The second-order valence-corrected chi connectivity index (χ2v) is 7.89. The summed E-state index contributed by atoms with van der Waals surface area (Å²) in [6.45, 7) is 0.435. The molecule has 5 aromatic heterocycles. The van der Waals surface area contributed by atoms with Crippen molar-refractivity contribution in [3.8, 4) is 11.5 Å². The number of amides is 1. The van der Waals surface area contributed by atoms with Crippen molar-refractivity contribution in [1.82, 2.24) is 44.5 Å². The van der Waals surface area contributed by atoms with Crippen LogP contribution < -0.4 is 0 Å². The van der Waals surface area contributed by atoms with Gasteiger partial charge in [-0.2, -0.15) is 10.2 Å². The summed E-state index contributed by atoms with van der Waals surface area (Å²) in [7, 11) is 1.78. The molecule has 1 unspecified atom stereocenters. The monoisotopic (exact) mass is 449 g/mol. The molecule has 0 saturated heterocycles. The van der Waals surface area contributed by atoms with Gasteiger partial charge in [0.15, 0.2) is 0 Å². The van der Waals surface area contributed by atoms with Crippen molar-refractivity contribution in [1.29, 1.82) is 0 Å². The van der Waals surface area contributed by atoms with Crippen molar-refractivity contribution < 1.29 is 9.21 Å². The zero-order chi connectivity index (χ0) is 21.8. The van der Waals surface area contributed by atoms with Gasteiger partial charge in [0.05, 0.1) is 40.0 Å². The van der Waals surface area contributed by atoms with Crippen LogP contribution in [0.2, 0.25) is 5.02 Å². The molecule has 0 radical (unpaired) electrons. The van der Waals surface area contributed by atoms with Gasteiger partial charge in [-0.15, -0.1) is 10.2 Å².